The number of pyridine rings is 1. The van der Waals surface area contributed by atoms with E-state index >= 15 is 0 Å². The van der Waals surface area contributed by atoms with Gasteiger partial charge in [-0.1, -0.05) is 24.3 Å². The van der Waals surface area contributed by atoms with Crippen molar-refractivity contribution in [1.29, 1.82) is 0 Å². The van der Waals surface area contributed by atoms with Gasteiger partial charge in [0, 0.05) is 30.5 Å². The fourth-order valence-corrected chi connectivity index (χ4v) is 3.17. The number of hydrogen-bond donors (Lipinski definition) is 1. The molecule has 2 aromatic rings. The average molecular weight is 326 g/mol. The Hall–Kier alpha value is -2.56. The smallest absolute Gasteiger partial charge is 0.305 e. The molecule has 1 saturated heterocycles. The number of hydrogen-bond acceptors (Lipinski definition) is 4. The van der Waals surface area contributed by atoms with Gasteiger partial charge in [0.05, 0.1) is 6.42 Å². The predicted octanol–water partition coefficient (Wildman–Crippen LogP) is 3.41. The molecule has 1 aliphatic heterocycles. The lowest BCUT2D eigenvalue weighted by atomic mass is 10.1. The zero-order chi connectivity index (χ0) is 16.9. The first kappa shape index (κ1) is 16.3. The summed E-state index contributed by atoms with van der Waals surface area (Å²) in [6.07, 6.45) is 3.81. The molecule has 1 aromatic heterocycles. The lowest BCUT2D eigenvalue weighted by Gasteiger charge is -2.25. The molecule has 2 heterocycles. The molecule has 1 N–H and O–H groups in total. The van der Waals surface area contributed by atoms with Crippen LogP contribution in [0.5, 0.6) is 5.88 Å². The molecular formula is C19H22N2O3. The van der Waals surface area contributed by atoms with Crippen molar-refractivity contribution in [3.63, 3.8) is 0 Å². The molecule has 1 aromatic carbocycles. The number of rotatable bonds is 6. The minimum Gasteiger partial charge on any atom is -0.481 e. The van der Waals surface area contributed by atoms with Crippen LogP contribution in [-0.2, 0) is 11.4 Å². The minimum atomic E-state index is -0.753. The molecule has 0 aliphatic carbocycles. The third kappa shape index (κ3) is 3.85. The van der Waals surface area contributed by atoms with Gasteiger partial charge in [-0.25, -0.2) is 4.98 Å². The molecule has 126 valence electrons. The van der Waals surface area contributed by atoms with Gasteiger partial charge in [-0.2, -0.15) is 0 Å². The minimum absolute atomic E-state index is 0.0501. The second-order valence-corrected chi connectivity index (χ2v) is 6.15. The highest BCUT2D eigenvalue weighted by molar-refractivity contribution is 5.69. The SMILES string of the molecule is Cc1ccccc1COc1cc(N2CCCC2CC(=O)O)ccn1. The maximum atomic E-state index is 11.0. The Labute approximate surface area is 141 Å². The number of anilines is 1. The van der Waals surface area contributed by atoms with Crippen molar-refractivity contribution in [2.75, 3.05) is 11.4 Å². The Bertz CT molecular complexity index is 717. The molecule has 1 atom stereocenters. The van der Waals surface area contributed by atoms with E-state index in [1.54, 1.807) is 6.20 Å². The monoisotopic (exact) mass is 326 g/mol. The summed E-state index contributed by atoms with van der Waals surface area (Å²) in [6.45, 7) is 3.41. The fraction of sp³-hybridized carbons (Fsp3) is 0.368. The molecule has 1 fully saturated rings. The number of carbonyl (C=O) groups is 1. The third-order valence-electron chi connectivity index (χ3n) is 4.47. The molecule has 24 heavy (non-hydrogen) atoms. The van der Waals surface area contributed by atoms with Gasteiger partial charge in [0.2, 0.25) is 5.88 Å². The number of carboxylic acid groups (broad SMARTS) is 1. The van der Waals surface area contributed by atoms with Crippen molar-refractivity contribution in [3.05, 3.63) is 53.7 Å². The summed E-state index contributed by atoms with van der Waals surface area (Å²) in [5.41, 5.74) is 3.30. The van der Waals surface area contributed by atoms with Gasteiger partial charge in [0.15, 0.2) is 0 Å². The molecule has 5 heteroatoms. The van der Waals surface area contributed by atoms with E-state index in [0.717, 1.165) is 30.6 Å². The van der Waals surface area contributed by atoms with Gasteiger partial charge in [-0.05, 0) is 37.0 Å². The molecule has 0 saturated carbocycles. The van der Waals surface area contributed by atoms with Crippen molar-refractivity contribution in [3.8, 4) is 5.88 Å². The number of carboxylic acids is 1. The molecule has 5 nitrogen and oxygen atoms in total. The molecule has 3 rings (SSSR count). The molecular weight excluding hydrogens is 304 g/mol. The first-order valence-corrected chi connectivity index (χ1v) is 8.25. The number of aromatic nitrogens is 1. The Kier molecular flexibility index (Phi) is 4.99. The number of aryl methyl sites for hydroxylation is 1. The van der Waals surface area contributed by atoms with Crippen LogP contribution in [0, 0.1) is 6.92 Å². The lowest BCUT2D eigenvalue weighted by Crippen LogP contribution is -2.31. The summed E-state index contributed by atoms with van der Waals surface area (Å²) in [6, 6.07) is 12.0. The van der Waals surface area contributed by atoms with Gasteiger partial charge in [-0.3, -0.25) is 4.79 Å². The molecule has 0 radical (unpaired) electrons. The highest BCUT2D eigenvalue weighted by Crippen LogP contribution is 2.29. The maximum absolute atomic E-state index is 11.0. The van der Waals surface area contributed by atoms with E-state index in [1.165, 1.54) is 5.56 Å². The second kappa shape index (κ2) is 7.34. The van der Waals surface area contributed by atoms with Crippen LogP contribution >= 0.6 is 0 Å². The maximum Gasteiger partial charge on any atom is 0.305 e. The van der Waals surface area contributed by atoms with Crippen LogP contribution < -0.4 is 9.64 Å². The summed E-state index contributed by atoms with van der Waals surface area (Å²) >= 11 is 0. The topological polar surface area (TPSA) is 62.7 Å². The summed E-state index contributed by atoms with van der Waals surface area (Å²) in [4.78, 5) is 17.5. The molecule has 0 spiro atoms. The third-order valence-corrected chi connectivity index (χ3v) is 4.47. The predicted molar refractivity (Wildman–Crippen MR) is 92.4 cm³/mol. The Morgan fingerprint density at radius 2 is 2.21 bits per heavy atom. The van der Waals surface area contributed by atoms with E-state index < -0.39 is 5.97 Å². The van der Waals surface area contributed by atoms with Crippen LogP contribution in [0.15, 0.2) is 42.6 Å². The van der Waals surface area contributed by atoms with Crippen LogP contribution in [0.2, 0.25) is 0 Å². The van der Waals surface area contributed by atoms with E-state index in [9.17, 15) is 4.79 Å². The van der Waals surface area contributed by atoms with E-state index in [2.05, 4.69) is 22.9 Å². The van der Waals surface area contributed by atoms with Crippen molar-refractivity contribution in [2.45, 2.75) is 38.8 Å². The average Bonchev–Trinajstić information content (AvgIpc) is 3.02. The first-order chi connectivity index (χ1) is 11.6. The van der Waals surface area contributed by atoms with Crippen LogP contribution in [0.1, 0.15) is 30.4 Å². The summed E-state index contributed by atoms with van der Waals surface area (Å²) in [7, 11) is 0. The number of aliphatic carboxylic acids is 1. The quantitative estimate of drug-likeness (QED) is 0.881. The standard InChI is InChI=1S/C19H22N2O3/c1-14-5-2-3-6-15(14)13-24-18-11-17(8-9-20-18)21-10-4-7-16(21)12-19(22)23/h2-3,5-6,8-9,11,16H,4,7,10,12-13H2,1H3,(H,22,23). The van der Waals surface area contributed by atoms with Crippen LogP contribution in [0.3, 0.4) is 0 Å². The Morgan fingerprint density at radius 1 is 1.38 bits per heavy atom. The first-order valence-electron chi connectivity index (χ1n) is 8.25. The van der Waals surface area contributed by atoms with Crippen LogP contribution in [-0.4, -0.2) is 28.6 Å². The fourth-order valence-electron chi connectivity index (χ4n) is 3.17. The van der Waals surface area contributed by atoms with Crippen molar-refractivity contribution in [2.24, 2.45) is 0 Å². The van der Waals surface area contributed by atoms with Gasteiger partial charge >= 0.3 is 5.97 Å². The van der Waals surface area contributed by atoms with Crippen molar-refractivity contribution in [1.82, 2.24) is 4.98 Å². The second-order valence-electron chi connectivity index (χ2n) is 6.15. The number of benzene rings is 1. The highest BCUT2D eigenvalue weighted by atomic mass is 16.5. The zero-order valence-corrected chi connectivity index (χ0v) is 13.8. The highest BCUT2D eigenvalue weighted by Gasteiger charge is 2.27. The lowest BCUT2D eigenvalue weighted by molar-refractivity contribution is -0.137. The summed E-state index contributed by atoms with van der Waals surface area (Å²) in [5.74, 6) is -0.186. The Morgan fingerprint density at radius 3 is 3.00 bits per heavy atom. The largest absolute Gasteiger partial charge is 0.481 e. The number of nitrogens with zero attached hydrogens (tertiary/aromatic N) is 2. The zero-order valence-electron chi connectivity index (χ0n) is 13.8. The van der Waals surface area contributed by atoms with E-state index in [0.29, 0.717) is 12.5 Å². The van der Waals surface area contributed by atoms with Gasteiger partial charge < -0.3 is 14.7 Å². The van der Waals surface area contributed by atoms with Crippen molar-refractivity contribution < 1.29 is 14.6 Å². The van der Waals surface area contributed by atoms with E-state index in [1.807, 2.05) is 30.3 Å². The molecule has 0 amide bonds. The van der Waals surface area contributed by atoms with Gasteiger partial charge in [0.1, 0.15) is 6.61 Å². The van der Waals surface area contributed by atoms with Crippen LogP contribution in [0.4, 0.5) is 5.69 Å². The number of ether oxygens (including phenoxy) is 1. The Balaban J connectivity index is 1.70. The van der Waals surface area contributed by atoms with E-state index in [-0.39, 0.29) is 12.5 Å². The molecule has 1 unspecified atom stereocenters. The van der Waals surface area contributed by atoms with Crippen molar-refractivity contribution >= 4 is 11.7 Å². The summed E-state index contributed by atoms with van der Waals surface area (Å²) < 4.78 is 5.84. The van der Waals surface area contributed by atoms with Crippen LogP contribution in [0.25, 0.3) is 0 Å². The molecule has 0 bridgehead atoms. The van der Waals surface area contributed by atoms with Gasteiger partial charge in [-0.15, -0.1) is 0 Å². The normalized spacial score (nSPS) is 17.0. The summed E-state index contributed by atoms with van der Waals surface area (Å²) in [5, 5.41) is 9.07. The molecule has 1 aliphatic rings. The van der Waals surface area contributed by atoms with E-state index in [4.69, 9.17) is 9.84 Å². The van der Waals surface area contributed by atoms with Gasteiger partial charge in [0.25, 0.3) is 0 Å².